The molecule has 0 bridgehead atoms. The zero-order valence-electron chi connectivity index (χ0n) is 11.7. The molecule has 0 atom stereocenters. The number of nitrogens with zero attached hydrogens (tertiary/aromatic N) is 1. The molecule has 1 saturated heterocycles. The fourth-order valence-electron chi connectivity index (χ4n) is 2.25. The highest BCUT2D eigenvalue weighted by Crippen LogP contribution is 2.16. The van der Waals surface area contributed by atoms with Crippen LogP contribution in [0.4, 0.5) is 4.79 Å². The van der Waals surface area contributed by atoms with Crippen molar-refractivity contribution in [1.29, 1.82) is 0 Å². The van der Waals surface area contributed by atoms with Gasteiger partial charge in [0.05, 0.1) is 12.1 Å². The summed E-state index contributed by atoms with van der Waals surface area (Å²) in [6.45, 7) is 6.72. The van der Waals surface area contributed by atoms with Crippen LogP contribution in [-0.2, 0) is 11.3 Å². The Labute approximate surface area is 114 Å². The lowest BCUT2D eigenvalue weighted by atomic mass is 10.1. The van der Waals surface area contributed by atoms with Crippen LogP contribution in [0.1, 0.15) is 25.8 Å². The number of hydrogen-bond acceptors (Lipinski definition) is 2. The molecule has 1 N–H and O–H groups in total. The topological polar surface area (TPSA) is 41.6 Å². The summed E-state index contributed by atoms with van der Waals surface area (Å²) in [7, 11) is 0. The Morgan fingerprint density at radius 2 is 2.11 bits per heavy atom. The summed E-state index contributed by atoms with van der Waals surface area (Å²) < 4.78 is 5.71. The quantitative estimate of drug-likeness (QED) is 0.889. The van der Waals surface area contributed by atoms with E-state index in [-0.39, 0.29) is 11.6 Å². The molecule has 1 fully saturated rings. The maximum Gasteiger partial charge on any atom is 0.317 e. The zero-order valence-corrected chi connectivity index (χ0v) is 11.7. The minimum Gasteiger partial charge on any atom is -0.374 e. The molecule has 0 unspecified atom stereocenters. The van der Waals surface area contributed by atoms with Gasteiger partial charge in [0.2, 0.25) is 0 Å². The van der Waals surface area contributed by atoms with Gasteiger partial charge in [0, 0.05) is 19.7 Å². The summed E-state index contributed by atoms with van der Waals surface area (Å²) in [5.74, 6) is 0. The fraction of sp³-hybridized carbons (Fsp3) is 0.533. The van der Waals surface area contributed by atoms with Gasteiger partial charge in [-0.15, -0.1) is 0 Å². The SMILES string of the molecule is CC1(C)CN(C(=O)NCc2ccccc2)CCCO1. The highest BCUT2D eigenvalue weighted by molar-refractivity contribution is 5.74. The Morgan fingerprint density at radius 3 is 2.84 bits per heavy atom. The average molecular weight is 262 g/mol. The third-order valence-electron chi connectivity index (χ3n) is 3.21. The molecule has 19 heavy (non-hydrogen) atoms. The molecule has 1 heterocycles. The molecule has 2 amide bonds. The lowest BCUT2D eigenvalue weighted by molar-refractivity contribution is -0.0132. The van der Waals surface area contributed by atoms with E-state index in [1.165, 1.54) is 0 Å². The summed E-state index contributed by atoms with van der Waals surface area (Å²) in [5.41, 5.74) is 0.849. The van der Waals surface area contributed by atoms with Crippen molar-refractivity contribution in [3.05, 3.63) is 35.9 Å². The predicted octanol–water partition coefficient (Wildman–Crippen LogP) is 2.40. The van der Waals surface area contributed by atoms with Crippen molar-refractivity contribution in [3.8, 4) is 0 Å². The Morgan fingerprint density at radius 1 is 1.37 bits per heavy atom. The van der Waals surface area contributed by atoms with Gasteiger partial charge in [-0.05, 0) is 25.8 Å². The van der Waals surface area contributed by atoms with Crippen molar-refractivity contribution < 1.29 is 9.53 Å². The Hall–Kier alpha value is -1.55. The first kappa shape index (κ1) is 13.9. The molecule has 4 nitrogen and oxygen atoms in total. The van der Waals surface area contributed by atoms with Crippen LogP contribution in [0.25, 0.3) is 0 Å². The second kappa shape index (κ2) is 6.06. The van der Waals surface area contributed by atoms with E-state index in [0.29, 0.717) is 13.1 Å². The van der Waals surface area contributed by atoms with Crippen LogP contribution in [0.3, 0.4) is 0 Å². The third kappa shape index (κ3) is 4.24. The van der Waals surface area contributed by atoms with E-state index >= 15 is 0 Å². The van der Waals surface area contributed by atoms with Crippen molar-refractivity contribution >= 4 is 6.03 Å². The van der Waals surface area contributed by atoms with Crippen LogP contribution in [0, 0.1) is 0 Å². The summed E-state index contributed by atoms with van der Waals surface area (Å²) in [6.07, 6.45) is 0.891. The Kier molecular flexibility index (Phi) is 4.43. The molecule has 0 aliphatic carbocycles. The molecule has 1 aromatic rings. The van der Waals surface area contributed by atoms with Crippen LogP contribution in [0.5, 0.6) is 0 Å². The number of carbonyl (C=O) groups excluding carboxylic acids is 1. The minimum atomic E-state index is -0.263. The van der Waals surface area contributed by atoms with Gasteiger partial charge in [-0.25, -0.2) is 4.79 Å². The fourth-order valence-corrected chi connectivity index (χ4v) is 2.25. The van der Waals surface area contributed by atoms with Gasteiger partial charge in [-0.2, -0.15) is 0 Å². The van der Waals surface area contributed by atoms with Crippen LogP contribution in [-0.4, -0.2) is 36.2 Å². The summed E-state index contributed by atoms with van der Waals surface area (Å²) in [4.78, 5) is 14.0. The van der Waals surface area contributed by atoms with Crippen LogP contribution in [0.2, 0.25) is 0 Å². The van der Waals surface area contributed by atoms with Gasteiger partial charge < -0.3 is 15.0 Å². The molecule has 1 aliphatic rings. The number of benzene rings is 1. The normalized spacial score (nSPS) is 18.7. The number of rotatable bonds is 2. The van der Waals surface area contributed by atoms with Crippen LogP contribution < -0.4 is 5.32 Å². The van der Waals surface area contributed by atoms with Gasteiger partial charge in [0.15, 0.2) is 0 Å². The van der Waals surface area contributed by atoms with E-state index in [9.17, 15) is 4.79 Å². The van der Waals surface area contributed by atoms with Gasteiger partial charge in [0.1, 0.15) is 0 Å². The number of urea groups is 1. The smallest absolute Gasteiger partial charge is 0.317 e. The first-order valence-corrected chi connectivity index (χ1v) is 6.77. The highest BCUT2D eigenvalue weighted by atomic mass is 16.5. The summed E-state index contributed by atoms with van der Waals surface area (Å²) >= 11 is 0. The lowest BCUT2D eigenvalue weighted by Crippen LogP contribution is -2.46. The van der Waals surface area contributed by atoms with Crippen molar-refractivity contribution in [2.24, 2.45) is 0 Å². The molecule has 4 heteroatoms. The van der Waals surface area contributed by atoms with E-state index in [1.807, 2.05) is 49.1 Å². The number of nitrogens with one attached hydrogen (secondary N) is 1. The number of carbonyl (C=O) groups is 1. The van der Waals surface area contributed by atoms with Gasteiger partial charge in [0.25, 0.3) is 0 Å². The molecule has 2 rings (SSSR count). The predicted molar refractivity (Wildman–Crippen MR) is 74.9 cm³/mol. The van der Waals surface area contributed by atoms with E-state index in [1.54, 1.807) is 0 Å². The largest absolute Gasteiger partial charge is 0.374 e. The average Bonchev–Trinajstić information content (AvgIpc) is 2.58. The molecular formula is C15H22N2O2. The molecule has 1 aromatic carbocycles. The standard InChI is InChI=1S/C15H22N2O2/c1-15(2)12-17(9-6-10-19-15)14(18)16-11-13-7-4-3-5-8-13/h3-5,7-8H,6,9-12H2,1-2H3,(H,16,18). The van der Waals surface area contributed by atoms with Gasteiger partial charge >= 0.3 is 6.03 Å². The lowest BCUT2D eigenvalue weighted by Gasteiger charge is -2.29. The highest BCUT2D eigenvalue weighted by Gasteiger charge is 2.27. The molecule has 104 valence electrons. The molecular weight excluding hydrogens is 240 g/mol. The second-order valence-corrected chi connectivity index (χ2v) is 5.53. The maximum absolute atomic E-state index is 12.2. The Balaban J connectivity index is 1.88. The summed E-state index contributed by atoms with van der Waals surface area (Å²) in [6, 6.07) is 9.93. The van der Waals surface area contributed by atoms with Gasteiger partial charge in [-0.3, -0.25) is 0 Å². The van der Waals surface area contributed by atoms with Crippen molar-refractivity contribution in [2.45, 2.75) is 32.4 Å². The zero-order chi connectivity index (χ0) is 13.7. The third-order valence-corrected chi connectivity index (χ3v) is 3.21. The first-order chi connectivity index (χ1) is 9.07. The van der Waals surface area contributed by atoms with Gasteiger partial charge in [-0.1, -0.05) is 30.3 Å². The van der Waals surface area contributed by atoms with Crippen molar-refractivity contribution in [2.75, 3.05) is 19.7 Å². The minimum absolute atomic E-state index is 0.0116. The van der Waals surface area contributed by atoms with E-state index in [0.717, 1.165) is 25.1 Å². The molecule has 0 saturated carbocycles. The van der Waals surface area contributed by atoms with Crippen molar-refractivity contribution in [3.63, 3.8) is 0 Å². The molecule has 1 aliphatic heterocycles. The van der Waals surface area contributed by atoms with Crippen LogP contribution in [0.15, 0.2) is 30.3 Å². The first-order valence-electron chi connectivity index (χ1n) is 6.77. The molecule has 0 radical (unpaired) electrons. The Bertz CT molecular complexity index is 417. The summed E-state index contributed by atoms with van der Waals surface area (Å²) in [5, 5.41) is 2.97. The second-order valence-electron chi connectivity index (χ2n) is 5.53. The monoisotopic (exact) mass is 262 g/mol. The molecule has 0 spiro atoms. The number of hydrogen-bond donors (Lipinski definition) is 1. The van der Waals surface area contributed by atoms with E-state index in [4.69, 9.17) is 4.74 Å². The van der Waals surface area contributed by atoms with E-state index in [2.05, 4.69) is 5.32 Å². The maximum atomic E-state index is 12.2. The number of amides is 2. The van der Waals surface area contributed by atoms with Crippen molar-refractivity contribution in [1.82, 2.24) is 10.2 Å². The number of ether oxygens (including phenoxy) is 1. The van der Waals surface area contributed by atoms with Crippen LogP contribution >= 0.6 is 0 Å². The van der Waals surface area contributed by atoms with E-state index < -0.39 is 0 Å². The molecule has 0 aromatic heterocycles.